The Hall–Kier alpha value is -0.620. The van der Waals surface area contributed by atoms with Gasteiger partial charge in [-0.25, -0.2) is 4.79 Å². The van der Waals surface area contributed by atoms with Gasteiger partial charge in [0.15, 0.2) is 0 Å². The summed E-state index contributed by atoms with van der Waals surface area (Å²) in [6.45, 7) is 5.11. The molecule has 2 N–H and O–H groups in total. The van der Waals surface area contributed by atoms with E-state index in [0.717, 1.165) is 38.7 Å². The average molecular weight is 316 g/mol. The molecule has 2 aliphatic heterocycles. The van der Waals surface area contributed by atoms with Crippen molar-refractivity contribution in [3.05, 3.63) is 0 Å². The number of hydrogen-bond acceptors (Lipinski definition) is 3. The highest BCUT2D eigenvalue weighted by molar-refractivity contribution is 7.85. The van der Waals surface area contributed by atoms with E-state index in [9.17, 15) is 9.00 Å². The van der Waals surface area contributed by atoms with Gasteiger partial charge in [0.1, 0.15) is 0 Å². The zero-order chi connectivity index (χ0) is 15.2. The highest BCUT2D eigenvalue weighted by atomic mass is 32.2. The largest absolute Gasteiger partial charge is 0.378 e. The van der Waals surface area contributed by atoms with Gasteiger partial charge in [0.2, 0.25) is 0 Å². The van der Waals surface area contributed by atoms with E-state index < -0.39 is 10.8 Å². The monoisotopic (exact) mass is 316 g/mol. The number of rotatable bonds is 5. The maximum atomic E-state index is 12.0. The Labute approximate surface area is 130 Å². The molecule has 2 rings (SSSR count). The van der Waals surface area contributed by atoms with Crippen molar-refractivity contribution in [2.24, 2.45) is 5.92 Å². The van der Waals surface area contributed by atoms with Crippen LogP contribution in [-0.4, -0.2) is 46.5 Å². The molecule has 4 unspecified atom stereocenters. The summed E-state index contributed by atoms with van der Waals surface area (Å²) >= 11 is 0. The van der Waals surface area contributed by atoms with E-state index in [0.29, 0.717) is 17.4 Å². The van der Waals surface area contributed by atoms with E-state index in [4.69, 9.17) is 4.74 Å². The molecule has 0 aromatic heterocycles. The smallest absolute Gasteiger partial charge is 0.315 e. The summed E-state index contributed by atoms with van der Waals surface area (Å²) in [5, 5.41) is 6.01. The number of carbonyl (C=O) groups is 1. The molecule has 2 saturated heterocycles. The van der Waals surface area contributed by atoms with Gasteiger partial charge >= 0.3 is 6.03 Å². The standard InChI is InChI=1S/C15H28N2O3S/c1-3-11(4-2)14-9-12(5-7-20-14)16-15(18)17-13-6-8-21(19)10-13/h11-14H,3-10H2,1-2H3,(H2,16,17,18). The molecule has 0 bridgehead atoms. The zero-order valence-electron chi connectivity index (χ0n) is 13.1. The molecule has 21 heavy (non-hydrogen) atoms. The Morgan fingerprint density at radius 1 is 1.24 bits per heavy atom. The Kier molecular flexibility index (Phi) is 6.48. The molecular formula is C15H28N2O3S. The summed E-state index contributed by atoms with van der Waals surface area (Å²) < 4.78 is 17.2. The number of urea groups is 1. The first-order valence-corrected chi connectivity index (χ1v) is 9.64. The second kappa shape index (κ2) is 8.13. The third-order valence-corrected chi connectivity index (χ3v) is 6.11. The summed E-state index contributed by atoms with van der Waals surface area (Å²) in [6.07, 6.45) is 5.10. The molecule has 2 amide bonds. The molecule has 0 spiro atoms. The topological polar surface area (TPSA) is 67.4 Å². The minimum Gasteiger partial charge on any atom is -0.378 e. The highest BCUT2D eigenvalue weighted by Crippen LogP contribution is 2.25. The molecule has 0 aromatic carbocycles. The maximum Gasteiger partial charge on any atom is 0.315 e. The van der Waals surface area contributed by atoms with Crippen LogP contribution >= 0.6 is 0 Å². The number of amides is 2. The van der Waals surface area contributed by atoms with Gasteiger partial charge in [-0.05, 0) is 25.2 Å². The summed E-state index contributed by atoms with van der Waals surface area (Å²) in [4.78, 5) is 12.0. The number of nitrogens with one attached hydrogen (secondary N) is 2. The quantitative estimate of drug-likeness (QED) is 0.812. The highest BCUT2D eigenvalue weighted by Gasteiger charge is 2.29. The van der Waals surface area contributed by atoms with Crippen LogP contribution in [0.1, 0.15) is 46.0 Å². The van der Waals surface area contributed by atoms with Gasteiger partial charge in [-0.1, -0.05) is 26.7 Å². The van der Waals surface area contributed by atoms with E-state index >= 15 is 0 Å². The second-order valence-corrected chi connectivity index (χ2v) is 7.74. The molecule has 2 aliphatic rings. The molecule has 5 nitrogen and oxygen atoms in total. The summed E-state index contributed by atoms with van der Waals surface area (Å²) in [5.74, 6) is 1.88. The lowest BCUT2D eigenvalue weighted by molar-refractivity contribution is -0.0331. The van der Waals surface area contributed by atoms with Crippen molar-refractivity contribution >= 4 is 16.8 Å². The molecule has 0 aliphatic carbocycles. The van der Waals surface area contributed by atoms with Crippen LogP contribution in [0.4, 0.5) is 4.79 Å². The van der Waals surface area contributed by atoms with Gasteiger partial charge in [-0.3, -0.25) is 4.21 Å². The predicted octanol–water partition coefficient (Wildman–Crippen LogP) is 1.79. The van der Waals surface area contributed by atoms with E-state index in [1.807, 2.05) is 0 Å². The van der Waals surface area contributed by atoms with Crippen molar-refractivity contribution in [3.63, 3.8) is 0 Å². The van der Waals surface area contributed by atoms with Gasteiger partial charge < -0.3 is 15.4 Å². The van der Waals surface area contributed by atoms with Crippen LogP contribution in [0.5, 0.6) is 0 Å². The van der Waals surface area contributed by atoms with Gasteiger partial charge in [0.05, 0.1) is 6.10 Å². The molecule has 4 atom stereocenters. The fourth-order valence-electron chi connectivity index (χ4n) is 3.29. The molecule has 0 saturated carbocycles. The Morgan fingerprint density at radius 3 is 2.57 bits per heavy atom. The SMILES string of the molecule is CCC(CC)C1CC(NC(=O)NC2CCS(=O)C2)CCO1. The molecule has 2 fully saturated rings. The van der Waals surface area contributed by atoms with Crippen molar-refractivity contribution in [1.29, 1.82) is 0 Å². The first-order chi connectivity index (χ1) is 10.1. The van der Waals surface area contributed by atoms with Crippen molar-refractivity contribution in [1.82, 2.24) is 10.6 Å². The van der Waals surface area contributed by atoms with Gasteiger partial charge in [-0.2, -0.15) is 0 Å². The molecule has 6 heteroatoms. The van der Waals surface area contributed by atoms with Gasteiger partial charge in [-0.15, -0.1) is 0 Å². The number of carbonyl (C=O) groups excluding carboxylic acids is 1. The van der Waals surface area contributed by atoms with Crippen molar-refractivity contribution in [2.45, 2.75) is 64.1 Å². The fourth-order valence-corrected chi connectivity index (χ4v) is 4.71. The number of hydrogen-bond donors (Lipinski definition) is 2. The summed E-state index contributed by atoms with van der Waals surface area (Å²) in [6, 6.07) is 0.144. The van der Waals surface area contributed by atoms with Crippen LogP contribution in [0.2, 0.25) is 0 Å². The first-order valence-electron chi connectivity index (χ1n) is 8.16. The van der Waals surface area contributed by atoms with E-state index in [-0.39, 0.29) is 24.2 Å². The van der Waals surface area contributed by atoms with Crippen LogP contribution in [0, 0.1) is 5.92 Å². The van der Waals surface area contributed by atoms with Crippen molar-refractivity contribution in [3.8, 4) is 0 Å². The van der Waals surface area contributed by atoms with E-state index in [1.165, 1.54) is 0 Å². The van der Waals surface area contributed by atoms with Crippen LogP contribution in [0.15, 0.2) is 0 Å². The third kappa shape index (κ3) is 4.95. The molecule has 0 aromatic rings. The Bertz CT molecular complexity index is 374. The minimum atomic E-state index is -0.753. The predicted molar refractivity (Wildman–Crippen MR) is 84.8 cm³/mol. The van der Waals surface area contributed by atoms with Crippen LogP contribution in [0.25, 0.3) is 0 Å². The van der Waals surface area contributed by atoms with Gasteiger partial charge in [0, 0.05) is 41.0 Å². The lowest BCUT2D eigenvalue weighted by Crippen LogP contribution is -2.50. The molecule has 122 valence electrons. The van der Waals surface area contributed by atoms with Crippen LogP contribution in [-0.2, 0) is 15.5 Å². The first kappa shape index (κ1) is 16.7. The van der Waals surface area contributed by atoms with E-state index in [2.05, 4.69) is 24.5 Å². The van der Waals surface area contributed by atoms with E-state index in [1.54, 1.807) is 0 Å². The summed E-state index contributed by atoms with van der Waals surface area (Å²) in [7, 11) is -0.753. The lowest BCUT2D eigenvalue weighted by Gasteiger charge is -2.34. The van der Waals surface area contributed by atoms with Crippen LogP contribution in [0.3, 0.4) is 0 Å². The molecular weight excluding hydrogens is 288 g/mol. The maximum absolute atomic E-state index is 12.0. The molecule has 0 radical (unpaired) electrons. The van der Waals surface area contributed by atoms with Crippen molar-refractivity contribution in [2.75, 3.05) is 18.1 Å². The summed E-state index contributed by atoms with van der Waals surface area (Å²) in [5.41, 5.74) is 0. The lowest BCUT2D eigenvalue weighted by atomic mass is 9.89. The molecule has 2 heterocycles. The zero-order valence-corrected chi connectivity index (χ0v) is 13.9. The Balaban J connectivity index is 1.76. The average Bonchev–Trinajstić information content (AvgIpc) is 2.85. The minimum absolute atomic E-state index is 0.0699. The fraction of sp³-hybridized carbons (Fsp3) is 0.933. The normalized spacial score (nSPS) is 33.1. The van der Waals surface area contributed by atoms with Crippen molar-refractivity contribution < 1.29 is 13.7 Å². The third-order valence-electron chi connectivity index (χ3n) is 4.64. The second-order valence-electron chi connectivity index (χ2n) is 6.12. The Morgan fingerprint density at radius 2 is 1.95 bits per heavy atom. The van der Waals surface area contributed by atoms with Crippen LogP contribution < -0.4 is 10.6 Å². The van der Waals surface area contributed by atoms with Gasteiger partial charge in [0.25, 0.3) is 0 Å². The number of ether oxygens (including phenoxy) is 1.